The van der Waals surface area contributed by atoms with Gasteiger partial charge in [0.1, 0.15) is 5.82 Å². The van der Waals surface area contributed by atoms with Gasteiger partial charge in [0, 0.05) is 13.7 Å². The lowest BCUT2D eigenvalue weighted by atomic mass is 9.78. The van der Waals surface area contributed by atoms with E-state index in [0.717, 1.165) is 31.2 Å². The number of esters is 1. The lowest BCUT2D eigenvalue weighted by Gasteiger charge is -2.29. The minimum Gasteiger partial charge on any atom is -0.423 e. The summed E-state index contributed by atoms with van der Waals surface area (Å²) >= 11 is 0. The average molecular weight is 505 g/mol. The van der Waals surface area contributed by atoms with Crippen molar-refractivity contribution >= 4 is 5.97 Å². The van der Waals surface area contributed by atoms with Gasteiger partial charge in [-0.3, -0.25) is 4.79 Å². The van der Waals surface area contributed by atoms with Gasteiger partial charge in [-0.05, 0) is 98.9 Å². The Morgan fingerprint density at radius 1 is 0.861 bits per heavy atom. The molecule has 0 aliphatic heterocycles. The minimum atomic E-state index is -1.11. The van der Waals surface area contributed by atoms with E-state index in [-0.39, 0.29) is 29.5 Å². The molecule has 2 aliphatic carbocycles. The summed E-state index contributed by atoms with van der Waals surface area (Å²) in [7, 11) is 1.67. The summed E-state index contributed by atoms with van der Waals surface area (Å²) in [6, 6.07) is 8.08. The standard InChI is InChI=1S/C29H35F3O4/c1-3-35-17-18-4-13-23(25(30)16-18)19-5-7-21(8-6-19)29(33)36-26-15-14-24(27(31)28(26)32)20-9-11-22(34-2)12-10-20/h4,13-16,19-22H,3,5-12,17H2,1-2H3. The molecule has 2 aliphatic rings. The first-order chi connectivity index (χ1) is 17.4. The summed E-state index contributed by atoms with van der Waals surface area (Å²) in [5, 5.41) is 0. The van der Waals surface area contributed by atoms with E-state index < -0.39 is 23.5 Å². The predicted octanol–water partition coefficient (Wildman–Crippen LogP) is 7.19. The van der Waals surface area contributed by atoms with Crippen molar-refractivity contribution in [1.29, 1.82) is 0 Å². The third-order valence-corrected chi connectivity index (χ3v) is 7.77. The highest BCUT2D eigenvalue weighted by molar-refractivity contribution is 5.75. The zero-order chi connectivity index (χ0) is 25.7. The van der Waals surface area contributed by atoms with Crippen molar-refractivity contribution in [2.45, 2.75) is 82.8 Å². The molecule has 2 aromatic carbocycles. The quantitative estimate of drug-likeness (QED) is 0.282. The van der Waals surface area contributed by atoms with Crippen molar-refractivity contribution in [3.05, 3.63) is 64.5 Å². The number of carbonyl (C=O) groups excluding carboxylic acids is 1. The van der Waals surface area contributed by atoms with E-state index in [9.17, 15) is 18.0 Å². The molecule has 4 rings (SSSR count). The van der Waals surface area contributed by atoms with Gasteiger partial charge in [0.25, 0.3) is 0 Å². The van der Waals surface area contributed by atoms with Gasteiger partial charge in [0.05, 0.1) is 18.6 Å². The Hall–Kier alpha value is -2.38. The van der Waals surface area contributed by atoms with Crippen LogP contribution >= 0.6 is 0 Å². The number of ether oxygens (including phenoxy) is 3. The number of halogens is 3. The second-order valence-corrected chi connectivity index (χ2v) is 9.95. The molecule has 2 fully saturated rings. The topological polar surface area (TPSA) is 44.8 Å². The van der Waals surface area contributed by atoms with Crippen LogP contribution in [0.1, 0.15) is 86.8 Å². The predicted molar refractivity (Wildman–Crippen MR) is 130 cm³/mol. The maximum Gasteiger partial charge on any atom is 0.314 e. The number of hydrogen-bond acceptors (Lipinski definition) is 4. The number of carbonyl (C=O) groups is 1. The number of hydrogen-bond donors (Lipinski definition) is 0. The number of methoxy groups -OCH3 is 1. The molecule has 196 valence electrons. The number of benzene rings is 2. The van der Waals surface area contributed by atoms with Crippen LogP contribution in [0.25, 0.3) is 0 Å². The highest BCUT2D eigenvalue weighted by Crippen LogP contribution is 2.39. The van der Waals surface area contributed by atoms with Crippen LogP contribution < -0.4 is 4.74 Å². The second kappa shape index (κ2) is 12.2. The third-order valence-electron chi connectivity index (χ3n) is 7.77. The molecule has 0 atom stereocenters. The van der Waals surface area contributed by atoms with Gasteiger partial charge in [-0.15, -0.1) is 0 Å². The molecule has 0 radical (unpaired) electrons. The maximum atomic E-state index is 14.9. The fraction of sp³-hybridized carbons (Fsp3) is 0.552. The van der Waals surface area contributed by atoms with Crippen LogP contribution in [0.5, 0.6) is 5.75 Å². The summed E-state index contributed by atoms with van der Waals surface area (Å²) in [6.07, 6.45) is 5.51. The highest BCUT2D eigenvalue weighted by atomic mass is 19.2. The van der Waals surface area contributed by atoms with Crippen molar-refractivity contribution in [3.8, 4) is 5.75 Å². The molecule has 7 heteroatoms. The maximum absolute atomic E-state index is 14.9. The fourth-order valence-electron chi connectivity index (χ4n) is 5.59. The van der Waals surface area contributed by atoms with Gasteiger partial charge >= 0.3 is 5.97 Å². The lowest BCUT2D eigenvalue weighted by molar-refractivity contribution is -0.140. The monoisotopic (exact) mass is 504 g/mol. The molecule has 0 heterocycles. The molecule has 0 aromatic heterocycles. The fourth-order valence-corrected chi connectivity index (χ4v) is 5.59. The van der Waals surface area contributed by atoms with E-state index in [1.165, 1.54) is 18.2 Å². The van der Waals surface area contributed by atoms with E-state index in [4.69, 9.17) is 14.2 Å². The van der Waals surface area contributed by atoms with Crippen molar-refractivity contribution < 1.29 is 32.2 Å². The van der Waals surface area contributed by atoms with Crippen molar-refractivity contribution in [2.24, 2.45) is 5.92 Å². The Balaban J connectivity index is 1.33. The molecule has 0 spiro atoms. The molecule has 2 aromatic rings. The molecule has 36 heavy (non-hydrogen) atoms. The smallest absolute Gasteiger partial charge is 0.314 e. The highest BCUT2D eigenvalue weighted by Gasteiger charge is 2.31. The normalized spacial score (nSPS) is 24.5. The molecule has 0 unspecified atom stereocenters. The summed E-state index contributed by atoms with van der Waals surface area (Å²) in [4.78, 5) is 12.7. The minimum absolute atomic E-state index is 0.0110. The SMILES string of the molecule is CCOCc1ccc(C2CCC(C(=O)Oc3ccc(C4CCC(OC)CC4)c(F)c3F)CC2)c(F)c1. The summed E-state index contributed by atoms with van der Waals surface area (Å²) in [5.41, 5.74) is 1.76. The molecule has 0 bridgehead atoms. The van der Waals surface area contributed by atoms with Crippen molar-refractivity contribution in [1.82, 2.24) is 0 Å². The van der Waals surface area contributed by atoms with Crippen LogP contribution in [-0.4, -0.2) is 25.8 Å². The van der Waals surface area contributed by atoms with Crippen LogP contribution in [0.4, 0.5) is 13.2 Å². The van der Waals surface area contributed by atoms with Crippen LogP contribution in [-0.2, 0) is 20.9 Å². The Kier molecular flexibility index (Phi) is 9.07. The molecular weight excluding hydrogens is 469 g/mol. The summed E-state index contributed by atoms with van der Waals surface area (Å²) in [6.45, 7) is 2.84. The first kappa shape index (κ1) is 26.7. The van der Waals surface area contributed by atoms with Gasteiger partial charge in [0.15, 0.2) is 11.6 Å². The van der Waals surface area contributed by atoms with E-state index in [1.807, 2.05) is 13.0 Å². The molecule has 0 N–H and O–H groups in total. The zero-order valence-electron chi connectivity index (χ0n) is 21.0. The van der Waals surface area contributed by atoms with E-state index in [2.05, 4.69) is 0 Å². The van der Waals surface area contributed by atoms with E-state index in [1.54, 1.807) is 13.2 Å². The van der Waals surface area contributed by atoms with Crippen LogP contribution in [0.15, 0.2) is 30.3 Å². The van der Waals surface area contributed by atoms with Gasteiger partial charge in [-0.2, -0.15) is 4.39 Å². The Labute approximate surface area is 211 Å². The van der Waals surface area contributed by atoms with Crippen LogP contribution in [0.2, 0.25) is 0 Å². The first-order valence-electron chi connectivity index (χ1n) is 13.0. The molecule has 0 saturated heterocycles. The lowest BCUT2D eigenvalue weighted by Crippen LogP contribution is -2.26. The van der Waals surface area contributed by atoms with Gasteiger partial charge < -0.3 is 14.2 Å². The Morgan fingerprint density at radius 3 is 2.14 bits per heavy atom. The Bertz CT molecular complexity index is 1040. The molecular formula is C29H35F3O4. The average Bonchev–Trinajstić information content (AvgIpc) is 2.90. The van der Waals surface area contributed by atoms with Crippen LogP contribution in [0, 0.1) is 23.4 Å². The summed E-state index contributed by atoms with van der Waals surface area (Å²) in [5.74, 6) is -3.72. The first-order valence-corrected chi connectivity index (χ1v) is 13.0. The van der Waals surface area contributed by atoms with Crippen molar-refractivity contribution in [3.63, 3.8) is 0 Å². The second-order valence-electron chi connectivity index (χ2n) is 9.95. The van der Waals surface area contributed by atoms with E-state index in [0.29, 0.717) is 50.0 Å². The van der Waals surface area contributed by atoms with Crippen LogP contribution in [0.3, 0.4) is 0 Å². The zero-order valence-corrected chi connectivity index (χ0v) is 21.0. The van der Waals surface area contributed by atoms with E-state index >= 15 is 0 Å². The largest absolute Gasteiger partial charge is 0.423 e. The van der Waals surface area contributed by atoms with Gasteiger partial charge in [-0.25, -0.2) is 8.78 Å². The Morgan fingerprint density at radius 2 is 1.50 bits per heavy atom. The molecule has 0 amide bonds. The third kappa shape index (κ3) is 6.12. The molecule has 2 saturated carbocycles. The summed E-state index contributed by atoms with van der Waals surface area (Å²) < 4.78 is 60.3. The van der Waals surface area contributed by atoms with Gasteiger partial charge in [-0.1, -0.05) is 18.2 Å². The van der Waals surface area contributed by atoms with Crippen molar-refractivity contribution in [2.75, 3.05) is 13.7 Å². The molecule has 4 nitrogen and oxygen atoms in total. The number of rotatable bonds is 8. The van der Waals surface area contributed by atoms with Gasteiger partial charge in [0.2, 0.25) is 5.82 Å².